The van der Waals surface area contributed by atoms with Crippen molar-refractivity contribution in [3.8, 4) is 0 Å². The summed E-state index contributed by atoms with van der Waals surface area (Å²) in [4.78, 5) is 39.9. The third-order valence-electron chi connectivity index (χ3n) is 5.92. The van der Waals surface area contributed by atoms with Gasteiger partial charge in [-0.2, -0.15) is 0 Å². The first-order valence-electron chi connectivity index (χ1n) is 11.2. The SMILES string of the molecule is CC(=O)Nc1ccc(C2=C(Nc3cccc4ccccc34)C(=O)N(c3ccc(C)cc3)C2=O)cc1. The van der Waals surface area contributed by atoms with Gasteiger partial charge in [0.25, 0.3) is 11.8 Å². The van der Waals surface area contributed by atoms with E-state index in [9.17, 15) is 14.4 Å². The zero-order valence-electron chi connectivity index (χ0n) is 19.3. The largest absolute Gasteiger partial charge is 0.350 e. The molecule has 1 aliphatic heterocycles. The maximum atomic E-state index is 13.7. The van der Waals surface area contributed by atoms with E-state index in [0.29, 0.717) is 16.9 Å². The van der Waals surface area contributed by atoms with Crippen LogP contribution in [-0.4, -0.2) is 17.7 Å². The molecule has 0 saturated carbocycles. The number of nitrogens with zero attached hydrogens (tertiary/aromatic N) is 1. The summed E-state index contributed by atoms with van der Waals surface area (Å²) in [7, 11) is 0. The third-order valence-corrected chi connectivity index (χ3v) is 5.92. The number of carbonyl (C=O) groups is 3. The van der Waals surface area contributed by atoms with Crippen LogP contribution >= 0.6 is 0 Å². The van der Waals surface area contributed by atoms with Crippen LogP contribution in [0.5, 0.6) is 0 Å². The van der Waals surface area contributed by atoms with Crippen LogP contribution in [0, 0.1) is 6.92 Å². The van der Waals surface area contributed by atoms with E-state index in [1.165, 1.54) is 11.8 Å². The lowest BCUT2D eigenvalue weighted by Gasteiger charge is -2.16. The first-order valence-corrected chi connectivity index (χ1v) is 11.2. The Morgan fingerprint density at radius 3 is 2.17 bits per heavy atom. The fourth-order valence-electron chi connectivity index (χ4n) is 4.23. The molecular weight excluding hydrogens is 438 g/mol. The first kappa shape index (κ1) is 22.1. The van der Waals surface area contributed by atoms with Crippen molar-refractivity contribution >= 4 is 51.1 Å². The summed E-state index contributed by atoms with van der Waals surface area (Å²) in [6, 6.07) is 27.8. The van der Waals surface area contributed by atoms with E-state index in [2.05, 4.69) is 10.6 Å². The number of fused-ring (bicyclic) bond motifs is 1. The number of hydrogen-bond acceptors (Lipinski definition) is 4. The molecule has 0 aliphatic carbocycles. The van der Waals surface area contributed by atoms with Crippen LogP contribution in [0.3, 0.4) is 0 Å². The van der Waals surface area contributed by atoms with Gasteiger partial charge in [0, 0.05) is 23.7 Å². The lowest BCUT2D eigenvalue weighted by Crippen LogP contribution is -2.32. The van der Waals surface area contributed by atoms with Gasteiger partial charge in [-0.15, -0.1) is 0 Å². The highest BCUT2D eigenvalue weighted by molar-refractivity contribution is 6.46. The highest BCUT2D eigenvalue weighted by Crippen LogP contribution is 2.35. The molecule has 6 nitrogen and oxygen atoms in total. The Morgan fingerprint density at radius 1 is 0.771 bits per heavy atom. The lowest BCUT2D eigenvalue weighted by atomic mass is 10.0. The fourth-order valence-corrected chi connectivity index (χ4v) is 4.23. The molecule has 6 heteroatoms. The number of carbonyl (C=O) groups excluding carboxylic acids is 3. The molecule has 0 aromatic heterocycles. The highest BCUT2D eigenvalue weighted by Gasteiger charge is 2.40. The number of imide groups is 1. The molecule has 0 spiro atoms. The van der Waals surface area contributed by atoms with Crippen LogP contribution < -0.4 is 15.5 Å². The molecule has 0 unspecified atom stereocenters. The van der Waals surface area contributed by atoms with Gasteiger partial charge in [0.1, 0.15) is 5.70 Å². The van der Waals surface area contributed by atoms with E-state index >= 15 is 0 Å². The summed E-state index contributed by atoms with van der Waals surface area (Å²) < 4.78 is 0. The van der Waals surface area contributed by atoms with Crippen molar-refractivity contribution in [2.45, 2.75) is 13.8 Å². The van der Waals surface area contributed by atoms with Crippen molar-refractivity contribution in [3.05, 3.63) is 108 Å². The number of nitrogens with one attached hydrogen (secondary N) is 2. The van der Waals surface area contributed by atoms with Crippen molar-refractivity contribution in [1.82, 2.24) is 0 Å². The summed E-state index contributed by atoms with van der Waals surface area (Å²) in [6.45, 7) is 3.38. The zero-order valence-corrected chi connectivity index (χ0v) is 19.3. The van der Waals surface area contributed by atoms with Gasteiger partial charge in [-0.05, 0) is 48.2 Å². The standard InChI is InChI=1S/C29H23N3O3/c1-18-10-16-23(17-11-18)32-28(34)26(21-12-14-22(15-13-21)30-19(2)33)27(29(32)35)31-25-9-5-7-20-6-3-4-8-24(20)25/h3-17,31H,1-2H3,(H,30,33). The van der Waals surface area contributed by atoms with Gasteiger partial charge >= 0.3 is 0 Å². The van der Waals surface area contributed by atoms with Crippen LogP contribution in [-0.2, 0) is 14.4 Å². The maximum absolute atomic E-state index is 13.7. The van der Waals surface area contributed by atoms with Crippen LogP contribution in [0.1, 0.15) is 18.1 Å². The molecule has 3 amide bonds. The monoisotopic (exact) mass is 461 g/mol. The minimum Gasteiger partial charge on any atom is -0.350 e. The average molecular weight is 462 g/mol. The molecule has 0 atom stereocenters. The molecule has 0 fully saturated rings. The molecule has 4 aromatic carbocycles. The minimum absolute atomic E-state index is 0.187. The van der Waals surface area contributed by atoms with Crippen LogP contribution in [0.15, 0.2) is 96.7 Å². The van der Waals surface area contributed by atoms with Crippen molar-refractivity contribution in [1.29, 1.82) is 0 Å². The summed E-state index contributed by atoms with van der Waals surface area (Å²) >= 11 is 0. The normalized spacial score (nSPS) is 13.5. The molecule has 172 valence electrons. The highest BCUT2D eigenvalue weighted by atomic mass is 16.2. The van der Waals surface area contributed by atoms with E-state index in [0.717, 1.165) is 22.0 Å². The molecular formula is C29H23N3O3. The smallest absolute Gasteiger partial charge is 0.282 e. The second-order valence-electron chi connectivity index (χ2n) is 8.44. The Labute approximate surface area is 202 Å². The summed E-state index contributed by atoms with van der Waals surface area (Å²) in [6.07, 6.45) is 0. The van der Waals surface area contributed by atoms with E-state index in [1.54, 1.807) is 36.4 Å². The summed E-state index contributed by atoms with van der Waals surface area (Å²) in [5.41, 5.74) is 3.94. The topological polar surface area (TPSA) is 78.5 Å². The quantitative estimate of drug-likeness (QED) is 0.385. The van der Waals surface area contributed by atoms with Gasteiger partial charge in [-0.1, -0.05) is 66.2 Å². The second kappa shape index (κ2) is 8.91. The maximum Gasteiger partial charge on any atom is 0.282 e. The van der Waals surface area contributed by atoms with Crippen LogP contribution in [0.25, 0.3) is 16.3 Å². The van der Waals surface area contributed by atoms with E-state index in [4.69, 9.17) is 0 Å². The van der Waals surface area contributed by atoms with Gasteiger partial charge in [0.05, 0.1) is 11.3 Å². The second-order valence-corrected chi connectivity index (χ2v) is 8.44. The molecule has 1 aliphatic rings. The van der Waals surface area contributed by atoms with Crippen molar-refractivity contribution in [3.63, 3.8) is 0 Å². The number of aryl methyl sites for hydroxylation is 1. The van der Waals surface area contributed by atoms with E-state index in [-0.39, 0.29) is 17.2 Å². The first-order chi connectivity index (χ1) is 16.9. The number of benzene rings is 4. The number of anilines is 3. The molecule has 5 rings (SSSR count). The number of rotatable bonds is 5. The van der Waals surface area contributed by atoms with Crippen LogP contribution in [0.4, 0.5) is 17.1 Å². The average Bonchev–Trinajstić information content (AvgIpc) is 3.09. The van der Waals surface area contributed by atoms with Crippen LogP contribution in [0.2, 0.25) is 0 Å². The Bertz CT molecular complexity index is 1500. The molecule has 0 saturated heterocycles. The van der Waals surface area contributed by atoms with Crippen molar-refractivity contribution < 1.29 is 14.4 Å². The summed E-state index contributed by atoms with van der Waals surface area (Å²) in [5, 5.41) is 7.95. The Hall–Kier alpha value is -4.71. The predicted octanol–water partition coefficient (Wildman–Crippen LogP) is 5.50. The third kappa shape index (κ3) is 4.17. The molecule has 0 radical (unpaired) electrons. The number of hydrogen-bond donors (Lipinski definition) is 2. The Kier molecular flexibility index (Phi) is 5.63. The Balaban J connectivity index is 1.62. The van der Waals surface area contributed by atoms with Gasteiger partial charge in [-0.25, -0.2) is 4.90 Å². The number of amides is 3. The van der Waals surface area contributed by atoms with Gasteiger partial charge in [-0.3, -0.25) is 14.4 Å². The van der Waals surface area contributed by atoms with Crippen molar-refractivity contribution in [2.24, 2.45) is 0 Å². The predicted molar refractivity (Wildman–Crippen MR) is 139 cm³/mol. The van der Waals surface area contributed by atoms with Gasteiger partial charge in [0.15, 0.2) is 0 Å². The van der Waals surface area contributed by atoms with Gasteiger partial charge < -0.3 is 10.6 Å². The van der Waals surface area contributed by atoms with Gasteiger partial charge in [0.2, 0.25) is 5.91 Å². The van der Waals surface area contributed by atoms with E-state index < -0.39 is 11.8 Å². The Morgan fingerprint density at radius 2 is 1.46 bits per heavy atom. The molecule has 0 bridgehead atoms. The fraction of sp³-hybridized carbons (Fsp3) is 0.0690. The minimum atomic E-state index is -0.423. The zero-order chi connectivity index (χ0) is 24.5. The van der Waals surface area contributed by atoms with E-state index in [1.807, 2.05) is 61.5 Å². The lowest BCUT2D eigenvalue weighted by molar-refractivity contribution is -0.120. The summed E-state index contributed by atoms with van der Waals surface area (Å²) in [5.74, 6) is -1.02. The molecule has 35 heavy (non-hydrogen) atoms. The molecule has 4 aromatic rings. The molecule has 1 heterocycles. The van der Waals surface area contributed by atoms with Crippen molar-refractivity contribution in [2.75, 3.05) is 15.5 Å². The molecule has 2 N–H and O–H groups in total.